The van der Waals surface area contributed by atoms with Crippen LogP contribution >= 0.6 is 0 Å². The number of hydrogen-bond donors (Lipinski definition) is 1. The first-order valence-corrected chi connectivity index (χ1v) is 5.08. The van der Waals surface area contributed by atoms with Crippen LogP contribution in [-0.4, -0.2) is 29.2 Å². The molecule has 15 heavy (non-hydrogen) atoms. The normalized spacial score (nSPS) is 16.5. The van der Waals surface area contributed by atoms with Gasteiger partial charge in [0.05, 0.1) is 0 Å². The molecule has 3 heteroatoms. The van der Waals surface area contributed by atoms with Gasteiger partial charge in [0.25, 0.3) is 0 Å². The van der Waals surface area contributed by atoms with Crippen molar-refractivity contribution in [2.75, 3.05) is 13.1 Å². The predicted molar refractivity (Wildman–Crippen MR) is 59.5 cm³/mol. The third-order valence-electron chi connectivity index (χ3n) is 2.08. The molecule has 1 amide bonds. The Labute approximate surface area is 90.8 Å². The highest BCUT2D eigenvalue weighted by molar-refractivity contribution is 5.65. The van der Waals surface area contributed by atoms with Gasteiger partial charge in [-0.2, -0.15) is 0 Å². The molecule has 0 saturated carbocycles. The Kier molecular flexibility index (Phi) is 3.41. The van der Waals surface area contributed by atoms with E-state index < -0.39 is 6.09 Å². The van der Waals surface area contributed by atoms with E-state index in [1.54, 1.807) is 0 Å². The maximum atomic E-state index is 10.6. The van der Waals surface area contributed by atoms with E-state index in [0.717, 1.165) is 12.0 Å². The number of amides is 1. The van der Waals surface area contributed by atoms with Gasteiger partial charge in [-0.25, -0.2) is 4.79 Å². The largest absolute Gasteiger partial charge is 0.465 e. The summed E-state index contributed by atoms with van der Waals surface area (Å²) in [6.07, 6.45) is 1.78. The lowest BCUT2D eigenvalue weighted by molar-refractivity contribution is 0.149. The molecule has 0 spiro atoms. The van der Waals surface area contributed by atoms with Crippen molar-refractivity contribution in [1.82, 2.24) is 4.90 Å². The second-order valence-corrected chi connectivity index (χ2v) is 4.71. The summed E-state index contributed by atoms with van der Waals surface area (Å²) < 4.78 is 0. The molecule has 1 rings (SSSR count). The van der Waals surface area contributed by atoms with Crippen molar-refractivity contribution in [3.8, 4) is 11.8 Å². The van der Waals surface area contributed by atoms with Crippen LogP contribution in [0.3, 0.4) is 0 Å². The Morgan fingerprint density at radius 2 is 2.20 bits per heavy atom. The molecule has 0 fully saturated rings. The monoisotopic (exact) mass is 207 g/mol. The topological polar surface area (TPSA) is 40.5 Å². The lowest BCUT2D eigenvalue weighted by atomic mass is 9.96. The quantitative estimate of drug-likeness (QED) is 0.619. The van der Waals surface area contributed by atoms with E-state index >= 15 is 0 Å². The van der Waals surface area contributed by atoms with Crippen molar-refractivity contribution < 1.29 is 9.90 Å². The van der Waals surface area contributed by atoms with Crippen LogP contribution in [0.4, 0.5) is 4.79 Å². The number of hydrogen-bond acceptors (Lipinski definition) is 1. The Balaban J connectivity index is 2.61. The van der Waals surface area contributed by atoms with Gasteiger partial charge in [-0.15, -0.1) is 0 Å². The van der Waals surface area contributed by atoms with Crippen molar-refractivity contribution in [2.24, 2.45) is 5.41 Å². The molecule has 1 aliphatic rings. The molecule has 0 bridgehead atoms. The molecule has 1 aliphatic heterocycles. The van der Waals surface area contributed by atoms with Crippen LogP contribution in [0.5, 0.6) is 0 Å². The van der Waals surface area contributed by atoms with Gasteiger partial charge in [0.15, 0.2) is 0 Å². The molecule has 1 N–H and O–H groups in total. The summed E-state index contributed by atoms with van der Waals surface area (Å²) in [6.45, 7) is 7.20. The van der Waals surface area contributed by atoms with Gasteiger partial charge >= 0.3 is 6.09 Å². The maximum absolute atomic E-state index is 10.6. The first-order valence-electron chi connectivity index (χ1n) is 5.08. The van der Waals surface area contributed by atoms with E-state index in [4.69, 9.17) is 5.11 Å². The van der Waals surface area contributed by atoms with Crippen LogP contribution in [0.15, 0.2) is 11.6 Å². The van der Waals surface area contributed by atoms with E-state index in [1.807, 2.05) is 6.08 Å². The molecular formula is C12H17NO2. The Bertz CT molecular complexity index is 339. The molecule has 0 radical (unpaired) electrons. The summed E-state index contributed by atoms with van der Waals surface area (Å²) in [7, 11) is 0. The summed E-state index contributed by atoms with van der Waals surface area (Å²) in [4.78, 5) is 12.0. The molecular weight excluding hydrogens is 190 g/mol. The van der Waals surface area contributed by atoms with Crippen molar-refractivity contribution in [3.05, 3.63) is 11.6 Å². The zero-order valence-corrected chi connectivity index (χ0v) is 9.50. The number of carbonyl (C=O) groups is 1. The fraction of sp³-hybridized carbons (Fsp3) is 0.583. The SMILES string of the molecule is CC(C)(C)C#CC1=CCN(C(=O)O)CC1. The fourth-order valence-corrected chi connectivity index (χ4v) is 1.22. The number of carboxylic acid groups (broad SMARTS) is 1. The molecule has 0 aromatic rings. The average Bonchev–Trinajstić information content (AvgIpc) is 2.14. The van der Waals surface area contributed by atoms with Gasteiger partial charge in [-0.05, 0) is 27.2 Å². The second kappa shape index (κ2) is 4.39. The molecule has 1 heterocycles. The van der Waals surface area contributed by atoms with Crippen molar-refractivity contribution in [2.45, 2.75) is 27.2 Å². The lowest BCUT2D eigenvalue weighted by Crippen LogP contribution is -2.33. The van der Waals surface area contributed by atoms with E-state index in [-0.39, 0.29) is 5.41 Å². The number of nitrogens with zero attached hydrogens (tertiary/aromatic N) is 1. The summed E-state index contributed by atoms with van der Waals surface area (Å²) in [6, 6.07) is 0. The smallest absolute Gasteiger partial charge is 0.407 e. The van der Waals surface area contributed by atoms with Gasteiger partial charge in [0, 0.05) is 24.1 Å². The van der Waals surface area contributed by atoms with Crippen LogP contribution in [0.25, 0.3) is 0 Å². The van der Waals surface area contributed by atoms with E-state index in [0.29, 0.717) is 13.1 Å². The summed E-state index contributed by atoms with van der Waals surface area (Å²) in [5.41, 5.74) is 1.06. The Morgan fingerprint density at radius 1 is 1.53 bits per heavy atom. The van der Waals surface area contributed by atoms with E-state index in [9.17, 15) is 4.79 Å². The van der Waals surface area contributed by atoms with Gasteiger partial charge in [0.1, 0.15) is 0 Å². The standard InChI is InChI=1S/C12H17NO2/c1-12(2,3)7-4-10-5-8-13(9-6-10)11(14)15/h5H,6,8-9H2,1-3H3,(H,14,15). The molecule has 0 atom stereocenters. The maximum Gasteiger partial charge on any atom is 0.407 e. The summed E-state index contributed by atoms with van der Waals surface area (Å²) in [5, 5.41) is 8.74. The van der Waals surface area contributed by atoms with Crippen molar-refractivity contribution in [3.63, 3.8) is 0 Å². The third-order valence-corrected chi connectivity index (χ3v) is 2.08. The summed E-state index contributed by atoms with van der Waals surface area (Å²) in [5.74, 6) is 6.26. The van der Waals surface area contributed by atoms with E-state index in [1.165, 1.54) is 4.90 Å². The minimum absolute atomic E-state index is 0.00473. The predicted octanol–water partition coefficient (Wildman–Crippen LogP) is 2.35. The van der Waals surface area contributed by atoms with Crippen LogP contribution in [0.2, 0.25) is 0 Å². The highest BCUT2D eigenvalue weighted by Gasteiger charge is 2.14. The highest BCUT2D eigenvalue weighted by atomic mass is 16.4. The molecule has 0 aromatic carbocycles. The second-order valence-electron chi connectivity index (χ2n) is 4.71. The lowest BCUT2D eigenvalue weighted by Gasteiger charge is -2.21. The van der Waals surface area contributed by atoms with Gasteiger partial charge in [-0.1, -0.05) is 17.9 Å². The molecule has 82 valence electrons. The molecule has 0 aliphatic carbocycles. The average molecular weight is 207 g/mol. The molecule has 0 saturated heterocycles. The minimum atomic E-state index is -0.853. The van der Waals surface area contributed by atoms with Crippen LogP contribution in [0, 0.1) is 17.3 Å². The van der Waals surface area contributed by atoms with Crippen molar-refractivity contribution in [1.29, 1.82) is 0 Å². The van der Waals surface area contributed by atoms with Gasteiger partial charge in [0.2, 0.25) is 0 Å². The Hall–Kier alpha value is -1.43. The van der Waals surface area contributed by atoms with Crippen molar-refractivity contribution >= 4 is 6.09 Å². The molecule has 3 nitrogen and oxygen atoms in total. The Morgan fingerprint density at radius 3 is 2.60 bits per heavy atom. The minimum Gasteiger partial charge on any atom is -0.465 e. The zero-order valence-electron chi connectivity index (χ0n) is 9.50. The van der Waals surface area contributed by atoms with Crippen LogP contribution in [-0.2, 0) is 0 Å². The van der Waals surface area contributed by atoms with Gasteiger partial charge < -0.3 is 10.0 Å². The first-order chi connectivity index (χ1) is 6.88. The third kappa shape index (κ3) is 4.07. The van der Waals surface area contributed by atoms with E-state index in [2.05, 4.69) is 32.6 Å². The fourth-order valence-electron chi connectivity index (χ4n) is 1.22. The van der Waals surface area contributed by atoms with Crippen LogP contribution in [0.1, 0.15) is 27.2 Å². The van der Waals surface area contributed by atoms with Crippen LogP contribution < -0.4 is 0 Å². The molecule has 0 aromatic heterocycles. The summed E-state index contributed by atoms with van der Waals surface area (Å²) >= 11 is 0. The molecule has 0 unspecified atom stereocenters. The first kappa shape index (κ1) is 11.6. The zero-order chi connectivity index (χ0) is 11.5. The highest BCUT2D eigenvalue weighted by Crippen LogP contribution is 2.13. The number of rotatable bonds is 0. The van der Waals surface area contributed by atoms with Gasteiger partial charge in [-0.3, -0.25) is 0 Å².